The van der Waals surface area contributed by atoms with Gasteiger partial charge < -0.3 is 0 Å². The molecule has 0 aliphatic rings. The highest BCUT2D eigenvalue weighted by Gasteiger charge is 2.02. The Hall–Kier alpha value is -0.430. The molecule has 1 radical (unpaired) electrons. The lowest BCUT2D eigenvalue weighted by Gasteiger charge is -2.09. The average Bonchev–Trinajstić information content (AvgIpc) is 2.16. The third kappa shape index (κ3) is 4.37. The molecule has 0 N–H and O–H groups in total. The van der Waals surface area contributed by atoms with Crippen LogP contribution in [0, 0.1) is 6.92 Å². The van der Waals surface area contributed by atoms with Crippen molar-refractivity contribution in [2.45, 2.75) is 36.3 Å². The van der Waals surface area contributed by atoms with E-state index in [1.807, 2.05) is 17.8 Å². The lowest BCUT2D eigenvalue weighted by atomic mass is 10.2. The van der Waals surface area contributed by atoms with Crippen LogP contribution in [0.5, 0.6) is 0 Å². The highest BCUT2D eigenvalue weighted by atomic mass is 32.2. The van der Waals surface area contributed by atoms with Gasteiger partial charge in [0, 0.05) is 10.1 Å². The van der Waals surface area contributed by atoms with E-state index in [-0.39, 0.29) is 0 Å². The topological polar surface area (TPSA) is 0 Å². The van der Waals surface area contributed by atoms with Gasteiger partial charge in [0.25, 0.3) is 0 Å². The minimum absolute atomic E-state index is 0.502. The fourth-order valence-electron chi connectivity index (χ4n) is 1.18. The SMILES string of the molecule is [CH2]C(CCCC)Sc1ccccc1. The lowest BCUT2D eigenvalue weighted by molar-refractivity contribution is 0.737. The quantitative estimate of drug-likeness (QED) is 0.632. The van der Waals surface area contributed by atoms with E-state index in [9.17, 15) is 0 Å². The zero-order valence-corrected chi connectivity index (χ0v) is 9.02. The Morgan fingerprint density at radius 2 is 2.00 bits per heavy atom. The maximum atomic E-state index is 4.13. The summed E-state index contributed by atoms with van der Waals surface area (Å²) < 4.78 is 0. The summed E-state index contributed by atoms with van der Waals surface area (Å²) in [6.45, 7) is 6.36. The van der Waals surface area contributed by atoms with Gasteiger partial charge in [-0.1, -0.05) is 38.0 Å². The summed E-state index contributed by atoms with van der Waals surface area (Å²) in [7, 11) is 0. The molecule has 0 aliphatic heterocycles. The first kappa shape index (κ1) is 10.6. The number of benzene rings is 1. The first-order valence-electron chi connectivity index (χ1n) is 4.87. The maximum absolute atomic E-state index is 4.13. The molecule has 1 heteroatoms. The van der Waals surface area contributed by atoms with Gasteiger partial charge >= 0.3 is 0 Å². The molecule has 0 heterocycles. The second-order valence-corrected chi connectivity index (χ2v) is 4.57. The Morgan fingerprint density at radius 3 is 2.62 bits per heavy atom. The van der Waals surface area contributed by atoms with Gasteiger partial charge in [-0.3, -0.25) is 0 Å². The Balaban J connectivity index is 2.32. The van der Waals surface area contributed by atoms with Gasteiger partial charge in [0.05, 0.1) is 0 Å². The number of rotatable bonds is 5. The summed E-state index contributed by atoms with van der Waals surface area (Å²) in [5.41, 5.74) is 0. The second-order valence-electron chi connectivity index (χ2n) is 3.20. The monoisotopic (exact) mass is 193 g/mol. The molecule has 0 bridgehead atoms. The fraction of sp³-hybridized carbons (Fsp3) is 0.417. The van der Waals surface area contributed by atoms with E-state index >= 15 is 0 Å². The van der Waals surface area contributed by atoms with Crippen LogP contribution in [-0.4, -0.2) is 5.25 Å². The Kier molecular flexibility index (Phi) is 4.99. The van der Waals surface area contributed by atoms with Crippen molar-refractivity contribution in [1.82, 2.24) is 0 Å². The molecule has 0 aromatic heterocycles. The van der Waals surface area contributed by atoms with Gasteiger partial charge in [0.1, 0.15) is 0 Å². The normalized spacial score (nSPS) is 12.8. The minimum Gasteiger partial charge on any atom is -0.123 e. The van der Waals surface area contributed by atoms with Crippen LogP contribution in [0.3, 0.4) is 0 Å². The van der Waals surface area contributed by atoms with Crippen LogP contribution < -0.4 is 0 Å². The predicted octanol–water partition coefficient (Wildman–Crippen LogP) is 4.17. The fourth-order valence-corrected chi connectivity index (χ4v) is 2.17. The zero-order valence-electron chi connectivity index (χ0n) is 8.20. The van der Waals surface area contributed by atoms with Crippen molar-refractivity contribution < 1.29 is 0 Å². The largest absolute Gasteiger partial charge is 0.123 e. The van der Waals surface area contributed by atoms with Crippen molar-refractivity contribution in [2.75, 3.05) is 0 Å². The maximum Gasteiger partial charge on any atom is 0.00948 e. The molecule has 0 amide bonds. The van der Waals surface area contributed by atoms with Crippen molar-refractivity contribution in [3.8, 4) is 0 Å². The van der Waals surface area contributed by atoms with E-state index in [0.29, 0.717) is 5.25 Å². The third-order valence-electron chi connectivity index (χ3n) is 1.93. The van der Waals surface area contributed by atoms with Crippen molar-refractivity contribution in [3.63, 3.8) is 0 Å². The third-order valence-corrected chi connectivity index (χ3v) is 3.04. The predicted molar refractivity (Wildman–Crippen MR) is 61.0 cm³/mol. The molecular weight excluding hydrogens is 176 g/mol. The van der Waals surface area contributed by atoms with Crippen molar-refractivity contribution in [1.29, 1.82) is 0 Å². The van der Waals surface area contributed by atoms with Crippen LogP contribution >= 0.6 is 11.8 Å². The molecule has 1 aromatic carbocycles. The number of hydrogen-bond acceptors (Lipinski definition) is 1. The summed E-state index contributed by atoms with van der Waals surface area (Å²) in [6, 6.07) is 10.5. The Labute approximate surface area is 85.7 Å². The van der Waals surface area contributed by atoms with E-state index < -0.39 is 0 Å². The van der Waals surface area contributed by atoms with Gasteiger partial charge in [-0.25, -0.2) is 0 Å². The van der Waals surface area contributed by atoms with Gasteiger partial charge in [0.2, 0.25) is 0 Å². The molecule has 1 atom stereocenters. The molecule has 71 valence electrons. The summed E-state index contributed by atoms with van der Waals surface area (Å²) in [5.74, 6) is 0. The van der Waals surface area contributed by atoms with Crippen molar-refractivity contribution >= 4 is 11.8 Å². The average molecular weight is 193 g/mol. The molecule has 0 nitrogen and oxygen atoms in total. The molecule has 0 spiro atoms. The molecule has 1 aromatic rings. The smallest absolute Gasteiger partial charge is 0.00948 e. The summed E-state index contributed by atoms with van der Waals surface area (Å²) in [4.78, 5) is 1.33. The van der Waals surface area contributed by atoms with Crippen LogP contribution in [0.2, 0.25) is 0 Å². The number of hydrogen-bond donors (Lipinski definition) is 0. The van der Waals surface area contributed by atoms with Crippen LogP contribution in [0.25, 0.3) is 0 Å². The van der Waals surface area contributed by atoms with E-state index in [2.05, 4.69) is 38.1 Å². The second kappa shape index (κ2) is 6.09. The molecule has 1 unspecified atom stereocenters. The molecule has 13 heavy (non-hydrogen) atoms. The molecule has 0 saturated carbocycles. The van der Waals surface area contributed by atoms with Crippen LogP contribution in [0.1, 0.15) is 26.2 Å². The lowest BCUT2D eigenvalue weighted by Crippen LogP contribution is -1.95. The van der Waals surface area contributed by atoms with E-state index in [1.165, 1.54) is 24.2 Å². The van der Waals surface area contributed by atoms with Crippen LogP contribution in [0.15, 0.2) is 35.2 Å². The molecule has 1 rings (SSSR count). The summed E-state index contributed by atoms with van der Waals surface area (Å²) >= 11 is 1.87. The Bertz CT molecular complexity index is 218. The van der Waals surface area contributed by atoms with Gasteiger partial charge in [-0.05, 0) is 25.5 Å². The van der Waals surface area contributed by atoms with Gasteiger partial charge in [-0.2, -0.15) is 0 Å². The first-order chi connectivity index (χ1) is 6.33. The molecular formula is C12H17S. The molecule has 0 fully saturated rings. The number of thioether (sulfide) groups is 1. The molecule has 0 saturated heterocycles. The van der Waals surface area contributed by atoms with Crippen LogP contribution in [-0.2, 0) is 0 Å². The van der Waals surface area contributed by atoms with Crippen LogP contribution in [0.4, 0.5) is 0 Å². The summed E-state index contributed by atoms with van der Waals surface area (Å²) in [6.07, 6.45) is 3.77. The molecule has 0 aliphatic carbocycles. The zero-order chi connectivity index (χ0) is 9.52. The number of unbranched alkanes of at least 4 members (excludes halogenated alkanes) is 1. The van der Waals surface area contributed by atoms with Gasteiger partial charge in [0.15, 0.2) is 0 Å². The standard InChI is InChI=1S/C12H17S/c1-3-4-8-11(2)13-12-9-6-5-7-10-12/h5-7,9-11H,2-4,8H2,1H3. The first-order valence-corrected chi connectivity index (χ1v) is 5.75. The highest BCUT2D eigenvalue weighted by molar-refractivity contribution is 8.00. The van der Waals surface area contributed by atoms with E-state index in [0.717, 1.165) is 0 Å². The Morgan fingerprint density at radius 1 is 1.31 bits per heavy atom. The van der Waals surface area contributed by atoms with Crippen molar-refractivity contribution in [2.24, 2.45) is 0 Å². The minimum atomic E-state index is 0.502. The van der Waals surface area contributed by atoms with E-state index in [1.54, 1.807) is 0 Å². The van der Waals surface area contributed by atoms with Gasteiger partial charge in [-0.15, -0.1) is 11.8 Å². The summed E-state index contributed by atoms with van der Waals surface area (Å²) in [5, 5.41) is 0.502. The van der Waals surface area contributed by atoms with Crippen molar-refractivity contribution in [3.05, 3.63) is 37.3 Å². The highest BCUT2D eigenvalue weighted by Crippen LogP contribution is 2.25. The van der Waals surface area contributed by atoms with E-state index in [4.69, 9.17) is 0 Å².